The SMILES string of the molecule is O=C1CCCCCN1CCCNC(=NCc1ccc([N+](=O)[O-])cc1)NCc1ccco1. The highest BCUT2D eigenvalue weighted by atomic mass is 16.6. The molecule has 2 N–H and O–H groups in total. The summed E-state index contributed by atoms with van der Waals surface area (Å²) in [6.45, 7) is 3.13. The van der Waals surface area contributed by atoms with Gasteiger partial charge >= 0.3 is 0 Å². The number of non-ortho nitro benzene ring substituents is 1. The van der Waals surface area contributed by atoms with Crippen molar-refractivity contribution in [1.82, 2.24) is 15.5 Å². The number of carbonyl (C=O) groups is 1. The van der Waals surface area contributed by atoms with Crippen LogP contribution in [0.4, 0.5) is 5.69 Å². The number of carbonyl (C=O) groups excluding carboxylic acids is 1. The molecule has 2 heterocycles. The lowest BCUT2D eigenvalue weighted by atomic mass is 10.2. The van der Waals surface area contributed by atoms with Crippen molar-refractivity contribution in [1.29, 1.82) is 0 Å². The van der Waals surface area contributed by atoms with Gasteiger partial charge in [0, 0.05) is 38.2 Å². The van der Waals surface area contributed by atoms with Crippen LogP contribution in [0.25, 0.3) is 0 Å². The second kappa shape index (κ2) is 11.7. The number of nitro benzene ring substituents is 1. The van der Waals surface area contributed by atoms with Gasteiger partial charge in [-0.1, -0.05) is 18.6 Å². The molecule has 1 amide bonds. The third-order valence-corrected chi connectivity index (χ3v) is 5.15. The first-order valence-corrected chi connectivity index (χ1v) is 10.7. The molecule has 0 saturated carbocycles. The summed E-state index contributed by atoms with van der Waals surface area (Å²) in [7, 11) is 0. The maximum Gasteiger partial charge on any atom is 0.269 e. The Morgan fingerprint density at radius 3 is 2.74 bits per heavy atom. The summed E-state index contributed by atoms with van der Waals surface area (Å²) in [6, 6.07) is 10.1. The highest BCUT2D eigenvalue weighted by Crippen LogP contribution is 2.13. The Morgan fingerprint density at radius 2 is 2.00 bits per heavy atom. The van der Waals surface area contributed by atoms with Crippen LogP contribution in [-0.4, -0.2) is 41.3 Å². The van der Waals surface area contributed by atoms with Gasteiger partial charge in [-0.2, -0.15) is 0 Å². The Hall–Kier alpha value is -3.36. The standard InChI is InChI=1S/C22H29N5O4/c28-21-7-2-1-3-13-26(21)14-5-12-23-22(25-17-20-6-4-15-31-20)24-16-18-8-10-19(11-9-18)27(29)30/h4,6,8-11,15H,1-3,5,7,12-14,16-17H2,(H2,23,24,25). The average Bonchev–Trinajstić information content (AvgIpc) is 3.21. The summed E-state index contributed by atoms with van der Waals surface area (Å²) >= 11 is 0. The van der Waals surface area contributed by atoms with Gasteiger partial charge in [0.25, 0.3) is 5.69 Å². The van der Waals surface area contributed by atoms with Gasteiger partial charge in [-0.3, -0.25) is 14.9 Å². The van der Waals surface area contributed by atoms with Gasteiger partial charge in [0.1, 0.15) is 5.76 Å². The number of hydrogen-bond acceptors (Lipinski definition) is 5. The molecular weight excluding hydrogens is 398 g/mol. The van der Waals surface area contributed by atoms with E-state index in [2.05, 4.69) is 15.6 Å². The van der Waals surface area contributed by atoms with Crippen LogP contribution >= 0.6 is 0 Å². The van der Waals surface area contributed by atoms with Crippen LogP contribution < -0.4 is 10.6 Å². The van der Waals surface area contributed by atoms with E-state index in [1.807, 2.05) is 17.0 Å². The van der Waals surface area contributed by atoms with Crippen LogP contribution in [-0.2, 0) is 17.9 Å². The molecule has 1 aliphatic heterocycles. The summed E-state index contributed by atoms with van der Waals surface area (Å²) < 4.78 is 5.36. The van der Waals surface area contributed by atoms with Crippen molar-refractivity contribution >= 4 is 17.6 Å². The van der Waals surface area contributed by atoms with E-state index in [4.69, 9.17) is 4.42 Å². The van der Waals surface area contributed by atoms with E-state index < -0.39 is 4.92 Å². The van der Waals surface area contributed by atoms with Gasteiger partial charge in [0.2, 0.25) is 5.91 Å². The van der Waals surface area contributed by atoms with E-state index in [0.29, 0.717) is 32.0 Å². The smallest absolute Gasteiger partial charge is 0.269 e. The maximum atomic E-state index is 12.1. The zero-order valence-corrected chi connectivity index (χ0v) is 17.6. The second-order valence-corrected chi connectivity index (χ2v) is 7.49. The minimum atomic E-state index is -0.417. The minimum Gasteiger partial charge on any atom is -0.467 e. The van der Waals surface area contributed by atoms with Crippen molar-refractivity contribution in [3.63, 3.8) is 0 Å². The molecule has 1 aliphatic rings. The van der Waals surface area contributed by atoms with E-state index >= 15 is 0 Å². The number of aliphatic imine (C=N–C) groups is 1. The fraction of sp³-hybridized carbons (Fsp3) is 0.455. The average molecular weight is 428 g/mol. The third kappa shape index (κ3) is 7.44. The van der Waals surface area contributed by atoms with E-state index in [1.54, 1.807) is 18.4 Å². The summed E-state index contributed by atoms with van der Waals surface area (Å²) in [6.07, 6.45) is 6.29. The topological polar surface area (TPSA) is 113 Å². The first-order valence-electron chi connectivity index (χ1n) is 10.7. The van der Waals surface area contributed by atoms with Crippen molar-refractivity contribution < 1.29 is 14.1 Å². The van der Waals surface area contributed by atoms with Crippen LogP contribution in [0.2, 0.25) is 0 Å². The molecule has 0 unspecified atom stereocenters. The Kier molecular flexibility index (Phi) is 8.45. The number of nitrogens with zero attached hydrogens (tertiary/aromatic N) is 3. The molecule has 0 spiro atoms. The molecular formula is C22H29N5O4. The number of nitro groups is 1. The number of benzene rings is 1. The predicted octanol–water partition coefficient (Wildman–Crippen LogP) is 3.22. The molecule has 3 rings (SSSR count). The lowest BCUT2D eigenvalue weighted by molar-refractivity contribution is -0.384. The number of nitrogens with one attached hydrogen (secondary N) is 2. The summed E-state index contributed by atoms with van der Waals surface area (Å²) in [4.78, 5) is 29.0. The molecule has 0 atom stereocenters. The van der Waals surface area contributed by atoms with E-state index in [1.165, 1.54) is 12.1 Å². The predicted molar refractivity (Wildman–Crippen MR) is 117 cm³/mol. The molecule has 9 nitrogen and oxygen atoms in total. The number of amides is 1. The van der Waals surface area contributed by atoms with Crippen molar-refractivity contribution in [2.75, 3.05) is 19.6 Å². The van der Waals surface area contributed by atoms with Gasteiger partial charge in [-0.05, 0) is 37.0 Å². The zero-order valence-electron chi connectivity index (χ0n) is 17.6. The molecule has 0 bridgehead atoms. The molecule has 9 heteroatoms. The maximum absolute atomic E-state index is 12.1. The molecule has 1 saturated heterocycles. The molecule has 1 aromatic carbocycles. The second-order valence-electron chi connectivity index (χ2n) is 7.49. The van der Waals surface area contributed by atoms with Crippen molar-refractivity contribution in [3.8, 4) is 0 Å². The van der Waals surface area contributed by atoms with Crippen molar-refractivity contribution in [2.45, 2.75) is 45.2 Å². The third-order valence-electron chi connectivity index (χ3n) is 5.15. The van der Waals surface area contributed by atoms with Gasteiger partial charge in [-0.15, -0.1) is 0 Å². The normalized spacial score (nSPS) is 14.9. The van der Waals surface area contributed by atoms with Gasteiger partial charge < -0.3 is 20.0 Å². The number of guanidine groups is 1. The lowest BCUT2D eigenvalue weighted by Crippen LogP contribution is -2.39. The Balaban J connectivity index is 1.52. The quantitative estimate of drug-likeness (QED) is 0.209. The summed E-state index contributed by atoms with van der Waals surface area (Å²) in [5.74, 6) is 1.66. The number of hydrogen-bond donors (Lipinski definition) is 2. The van der Waals surface area contributed by atoms with Gasteiger partial charge in [0.15, 0.2) is 5.96 Å². The van der Waals surface area contributed by atoms with E-state index in [9.17, 15) is 14.9 Å². The van der Waals surface area contributed by atoms with Gasteiger partial charge in [0.05, 0.1) is 24.3 Å². The first kappa shape index (κ1) is 22.3. The Morgan fingerprint density at radius 1 is 1.16 bits per heavy atom. The highest BCUT2D eigenvalue weighted by Gasteiger charge is 2.15. The summed E-state index contributed by atoms with van der Waals surface area (Å²) in [5, 5.41) is 17.3. The Labute approximate surface area is 181 Å². The molecule has 0 aliphatic carbocycles. The van der Waals surface area contributed by atoms with Crippen LogP contribution in [0, 0.1) is 10.1 Å². The van der Waals surface area contributed by atoms with E-state index in [0.717, 1.165) is 50.1 Å². The minimum absolute atomic E-state index is 0.0603. The number of likely N-dealkylation sites (tertiary alicyclic amines) is 1. The Bertz CT molecular complexity index is 865. The number of rotatable bonds is 9. The molecule has 2 aromatic rings. The van der Waals surface area contributed by atoms with Crippen LogP contribution in [0.3, 0.4) is 0 Å². The lowest BCUT2D eigenvalue weighted by Gasteiger charge is -2.20. The largest absolute Gasteiger partial charge is 0.467 e. The highest BCUT2D eigenvalue weighted by molar-refractivity contribution is 5.79. The molecule has 31 heavy (non-hydrogen) atoms. The number of furan rings is 1. The van der Waals surface area contributed by atoms with Crippen LogP contribution in [0.1, 0.15) is 43.4 Å². The molecule has 1 aromatic heterocycles. The first-order chi connectivity index (χ1) is 15.1. The molecule has 0 radical (unpaired) electrons. The molecule has 166 valence electrons. The monoisotopic (exact) mass is 427 g/mol. The van der Waals surface area contributed by atoms with Crippen LogP contribution in [0.5, 0.6) is 0 Å². The van der Waals surface area contributed by atoms with Crippen LogP contribution in [0.15, 0.2) is 52.1 Å². The fourth-order valence-electron chi connectivity index (χ4n) is 3.40. The molecule has 1 fully saturated rings. The van der Waals surface area contributed by atoms with Gasteiger partial charge in [-0.25, -0.2) is 4.99 Å². The fourth-order valence-corrected chi connectivity index (χ4v) is 3.40. The van der Waals surface area contributed by atoms with Crippen molar-refractivity contribution in [3.05, 3.63) is 64.1 Å². The zero-order chi connectivity index (χ0) is 21.9. The summed E-state index contributed by atoms with van der Waals surface area (Å²) in [5.41, 5.74) is 0.935. The van der Waals surface area contributed by atoms with E-state index in [-0.39, 0.29) is 11.6 Å². The van der Waals surface area contributed by atoms with Crippen molar-refractivity contribution in [2.24, 2.45) is 4.99 Å².